The molecule has 0 saturated carbocycles. The normalized spacial score (nSPS) is 10.9. The second-order valence-corrected chi connectivity index (χ2v) is 5.41. The van der Waals surface area contributed by atoms with Crippen LogP contribution in [0.4, 0.5) is 5.69 Å². The van der Waals surface area contributed by atoms with Crippen LogP contribution < -0.4 is 0 Å². The summed E-state index contributed by atoms with van der Waals surface area (Å²) in [4.78, 5) is 22.1. The van der Waals surface area contributed by atoms with Crippen molar-refractivity contribution < 1.29 is 14.8 Å². The molecule has 106 valence electrons. The molecule has 0 fully saturated rings. The molecular formula is C14H10N2O4S. The van der Waals surface area contributed by atoms with Gasteiger partial charge in [0.25, 0.3) is 5.69 Å². The van der Waals surface area contributed by atoms with E-state index in [0.717, 1.165) is 16.7 Å². The Morgan fingerprint density at radius 3 is 2.86 bits per heavy atom. The molecule has 0 radical (unpaired) electrons. The number of aromatic carboxylic acids is 1. The topological polar surface area (TPSA) is 85.4 Å². The van der Waals surface area contributed by atoms with Crippen molar-refractivity contribution in [2.24, 2.45) is 0 Å². The summed E-state index contributed by atoms with van der Waals surface area (Å²) in [5.74, 6) is -0.981. The maximum absolute atomic E-state index is 11.1. The summed E-state index contributed by atoms with van der Waals surface area (Å²) in [6.07, 6.45) is 1.74. The number of fused-ring (bicyclic) bond motifs is 1. The van der Waals surface area contributed by atoms with Crippen LogP contribution in [0.1, 0.15) is 15.2 Å². The molecule has 0 atom stereocenters. The molecule has 1 N–H and O–H groups in total. The third kappa shape index (κ3) is 2.27. The van der Waals surface area contributed by atoms with E-state index in [2.05, 4.69) is 0 Å². The first-order valence-electron chi connectivity index (χ1n) is 6.10. The highest BCUT2D eigenvalue weighted by atomic mass is 32.1. The molecule has 0 amide bonds. The Labute approximate surface area is 123 Å². The molecule has 0 spiro atoms. The highest BCUT2D eigenvalue weighted by Crippen LogP contribution is 2.28. The zero-order valence-corrected chi connectivity index (χ0v) is 11.5. The van der Waals surface area contributed by atoms with Gasteiger partial charge in [0.1, 0.15) is 10.4 Å². The van der Waals surface area contributed by atoms with Crippen LogP contribution in [0.15, 0.2) is 41.9 Å². The molecule has 6 nitrogen and oxygen atoms in total. The summed E-state index contributed by atoms with van der Waals surface area (Å²) in [5, 5.41) is 22.7. The van der Waals surface area contributed by atoms with E-state index in [-0.39, 0.29) is 10.6 Å². The average Bonchev–Trinajstić information content (AvgIpc) is 3.06. The molecule has 2 aromatic heterocycles. The first kappa shape index (κ1) is 13.3. The number of carbonyl (C=O) groups is 1. The van der Waals surface area contributed by atoms with Crippen LogP contribution in [0.3, 0.4) is 0 Å². The van der Waals surface area contributed by atoms with E-state index in [1.54, 1.807) is 40.4 Å². The molecule has 0 aliphatic heterocycles. The van der Waals surface area contributed by atoms with Crippen LogP contribution in [-0.4, -0.2) is 20.6 Å². The summed E-state index contributed by atoms with van der Waals surface area (Å²) in [7, 11) is 0. The molecule has 3 rings (SSSR count). The second kappa shape index (κ2) is 5.02. The molecule has 0 saturated heterocycles. The van der Waals surface area contributed by atoms with Crippen LogP contribution in [0.5, 0.6) is 0 Å². The smallest absolute Gasteiger partial charge is 0.346 e. The molecule has 0 unspecified atom stereocenters. The van der Waals surface area contributed by atoms with Crippen LogP contribution in [-0.2, 0) is 6.54 Å². The zero-order chi connectivity index (χ0) is 15.0. The van der Waals surface area contributed by atoms with Gasteiger partial charge in [-0.25, -0.2) is 4.79 Å². The summed E-state index contributed by atoms with van der Waals surface area (Å²) >= 11 is 1.15. The SMILES string of the molecule is O=C(O)c1sccc1Cn1ccc2cccc([N+](=O)[O-])c21. The number of para-hydroxylation sites is 1. The molecule has 0 bridgehead atoms. The van der Waals surface area contributed by atoms with Gasteiger partial charge in [-0.1, -0.05) is 12.1 Å². The molecule has 1 aromatic carbocycles. The maximum atomic E-state index is 11.1. The zero-order valence-electron chi connectivity index (χ0n) is 10.7. The summed E-state index contributed by atoms with van der Waals surface area (Å²) in [6.45, 7) is 0.291. The van der Waals surface area contributed by atoms with Crippen molar-refractivity contribution in [2.75, 3.05) is 0 Å². The number of rotatable bonds is 4. The second-order valence-electron chi connectivity index (χ2n) is 4.50. The van der Waals surface area contributed by atoms with E-state index in [4.69, 9.17) is 5.11 Å². The molecular weight excluding hydrogens is 292 g/mol. The fourth-order valence-corrected chi connectivity index (χ4v) is 3.10. The number of nitro benzene ring substituents is 1. The van der Waals surface area contributed by atoms with Crippen molar-refractivity contribution in [1.82, 2.24) is 4.57 Å². The Morgan fingerprint density at radius 1 is 1.33 bits per heavy atom. The maximum Gasteiger partial charge on any atom is 0.346 e. The van der Waals surface area contributed by atoms with E-state index in [9.17, 15) is 14.9 Å². The largest absolute Gasteiger partial charge is 0.477 e. The lowest BCUT2D eigenvalue weighted by Gasteiger charge is -2.05. The number of hydrogen-bond donors (Lipinski definition) is 1. The molecule has 0 aliphatic rings. The number of thiophene rings is 1. The van der Waals surface area contributed by atoms with Crippen molar-refractivity contribution in [3.05, 3.63) is 62.5 Å². The Kier molecular flexibility index (Phi) is 3.19. The minimum Gasteiger partial charge on any atom is -0.477 e. The van der Waals surface area contributed by atoms with Crippen LogP contribution in [0, 0.1) is 10.1 Å². The van der Waals surface area contributed by atoms with Crippen LogP contribution in [0.2, 0.25) is 0 Å². The number of carboxylic acid groups (broad SMARTS) is 1. The minimum atomic E-state index is -0.981. The molecule has 0 aliphatic carbocycles. The predicted molar refractivity (Wildman–Crippen MR) is 79.0 cm³/mol. The van der Waals surface area contributed by atoms with Crippen LogP contribution >= 0.6 is 11.3 Å². The summed E-state index contributed by atoms with van der Waals surface area (Å²) < 4.78 is 1.71. The fraction of sp³-hybridized carbons (Fsp3) is 0.0714. The van der Waals surface area contributed by atoms with Gasteiger partial charge in [0.05, 0.1) is 4.92 Å². The number of benzene rings is 1. The van der Waals surface area contributed by atoms with Gasteiger partial charge in [0, 0.05) is 24.2 Å². The van der Waals surface area contributed by atoms with E-state index >= 15 is 0 Å². The van der Waals surface area contributed by atoms with Crippen molar-refractivity contribution >= 4 is 33.9 Å². The number of nitro groups is 1. The van der Waals surface area contributed by atoms with Crippen molar-refractivity contribution in [1.29, 1.82) is 0 Å². The first-order valence-corrected chi connectivity index (χ1v) is 6.98. The number of aromatic nitrogens is 1. The van der Waals surface area contributed by atoms with E-state index in [0.29, 0.717) is 17.6 Å². The first-order chi connectivity index (χ1) is 10.1. The standard InChI is InChI=1S/C14H10N2O4S/c17-14(18)13-10(5-7-21-13)8-15-6-4-9-2-1-3-11(12(9)15)16(19)20/h1-7H,8H2,(H,17,18). The van der Waals surface area contributed by atoms with E-state index in [1.165, 1.54) is 6.07 Å². The highest BCUT2D eigenvalue weighted by molar-refractivity contribution is 7.12. The Balaban J connectivity index is 2.11. The van der Waals surface area contributed by atoms with Crippen LogP contribution in [0.25, 0.3) is 10.9 Å². The lowest BCUT2D eigenvalue weighted by Crippen LogP contribution is -2.04. The number of non-ortho nitro benzene ring substituents is 1. The number of hydrogen-bond acceptors (Lipinski definition) is 4. The highest BCUT2D eigenvalue weighted by Gasteiger charge is 2.17. The third-order valence-corrected chi connectivity index (χ3v) is 4.19. The third-order valence-electron chi connectivity index (χ3n) is 3.25. The quantitative estimate of drug-likeness (QED) is 0.591. The number of nitrogens with zero attached hydrogens (tertiary/aromatic N) is 2. The van der Waals surface area contributed by atoms with Crippen molar-refractivity contribution in [3.8, 4) is 0 Å². The Hall–Kier alpha value is -2.67. The average molecular weight is 302 g/mol. The van der Waals surface area contributed by atoms with Gasteiger partial charge in [-0.3, -0.25) is 10.1 Å². The van der Waals surface area contributed by atoms with Gasteiger partial charge in [0.15, 0.2) is 0 Å². The lowest BCUT2D eigenvalue weighted by molar-refractivity contribution is -0.383. The number of carboxylic acids is 1. The van der Waals surface area contributed by atoms with Gasteiger partial charge in [-0.05, 0) is 23.1 Å². The van der Waals surface area contributed by atoms with Gasteiger partial charge in [0.2, 0.25) is 0 Å². The summed E-state index contributed by atoms with van der Waals surface area (Å²) in [6, 6.07) is 8.40. The monoisotopic (exact) mass is 302 g/mol. The minimum absolute atomic E-state index is 0.0182. The molecule has 3 aromatic rings. The van der Waals surface area contributed by atoms with Crippen molar-refractivity contribution in [2.45, 2.75) is 6.54 Å². The fourth-order valence-electron chi connectivity index (χ4n) is 2.35. The predicted octanol–water partition coefficient (Wildman–Crippen LogP) is 3.36. The Bertz CT molecular complexity index is 850. The van der Waals surface area contributed by atoms with E-state index < -0.39 is 10.9 Å². The molecule has 21 heavy (non-hydrogen) atoms. The van der Waals surface area contributed by atoms with Gasteiger partial charge in [-0.2, -0.15) is 0 Å². The van der Waals surface area contributed by atoms with E-state index in [1.807, 2.05) is 0 Å². The van der Waals surface area contributed by atoms with Gasteiger partial charge < -0.3 is 9.67 Å². The lowest BCUT2D eigenvalue weighted by atomic mass is 10.2. The Morgan fingerprint density at radius 2 is 2.14 bits per heavy atom. The molecule has 2 heterocycles. The van der Waals surface area contributed by atoms with Gasteiger partial charge >= 0.3 is 5.97 Å². The van der Waals surface area contributed by atoms with Gasteiger partial charge in [-0.15, -0.1) is 11.3 Å². The molecule has 7 heteroatoms. The van der Waals surface area contributed by atoms with Crippen molar-refractivity contribution in [3.63, 3.8) is 0 Å². The summed E-state index contributed by atoms with van der Waals surface area (Å²) in [5.41, 5.74) is 1.16.